The van der Waals surface area contributed by atoms with Crippen molar-refractivity contribution in [3.63, 3.8) is 0 Å². The maximum absolute atomic E-state index is 10.4. The first kappa shape index (κ1) is 38.7. The van der Waals surface area contributed by atoms with E-state index in [9.17, 15) is 43.8 Å². The number of rotatable bonds is 10. The van der Waals surface area contributed by atoms with Crippen LogP contribution in [0, 0.1) is 0 Å². The van der Waals surface area contributed by atoms with Gasteiger partial charge in [0.25, 0.3) is 0 Å². The van der Waals surface area contributed by atoms with Crippen LogP contribution in [-0.2, 0) is 38.3 Å². The van der Waals surface area contributed by atoms with Crippen molar-refractivity contribution >= 4 is 75.9 Å². The molecule has 0 aliphatic carbocycles. The molecule has 0 aromatic heterocycles. The fraction of sp³-hybridized carbons (Fsp3) is 0.611. The van der Waals surface area contributed by atoms with Gasteiger partial charge in [-0.2, -0.15) is 0 Å². The van der Waals surface area contributed by atoms with Crippen molar-refractivity contribution in [1.82, 2.24) is 0 Å². The Balaban J connectivity index is -0.000000101. The molecule has 0 amide bonds. The quantitative estimate of drug-likeness (QED) is 0.209. The van der Waals surface area contributed by atoms with Gasteiger partial charge in [-0.05, 0) is 19.8 Å². The second-order valence-electron chi connectivity index (χ2n) is 5.52. The minimum absolute atomic E-state index is 0. The molecule has 0 atom stereocenters. The number of aliphatic carboxylic acids is 2. The molecule has 10 nitrogen and oxygen atoms in total. The van der Waals surface area contributed by atoms with Crippen molar-refractivity contribution in [2.75, 3.05) is 0 Å². The summed E-state index contributed by atoms with van der Waals surface area (Å²) in [4.78, 5) is 71.1. The van der Waals surface area contributed by atoms with Crippen molar-refractivity contribution in [1.29, 1.82) is 0 Å². The first-order chi connectivity index (χ1) is 12.8. The molecule has 0 aliphatic rings. The normalized spacial score (nSPS) is 8.27. The van der Waals surface area contributed by atoms with E-state index in [2.05, 4.69) is 4.74 Å². The Labute approximate surface area is 197 Å². The predicted molar refractivity (Wildman–Crippen MR) is 103 cm³/mol. The first-order valence-corrected chi connectivity index (χ1v) is 8.49. The van der Waals surface area contributed by atoms with Gasteiger partial charge in [0.15, 0.2) is 0 Å². The summed E-state index contributed by atoms with van der Waals surface area (Å²) in [5, 5.41) is 19.5. The molecule has 30 heavy (non-hydrogen) atoms. The molecule has 12 heteroatoms. The zero-order valence-electron chi connectivity index (χ0n) is 17.7. The van der Waals surface area contributed by atoms with Crippen LogP contribution < -0.4 is 10.2 Å². The SMILES string of the molecule is CC(=O)CC(=O)OC(C)=O.CCCC(=O)CC(=O)[O-].CCCC(=O)CC(=O)[O-].[Al+3].[Al+3]. The van der Waals surface area contributed by atoms with Crippen LogP contribution >= 0.6 is 0 Å². The molecule has 0 aliphatic heterocycles. The monoisotopic (exact) mass is 456 g/mol. The van der Waals surface area contributed by atoms with Crippen molar-refractivity contribution in [3.05, 3.63) is 0 Å². The minimum Gasteiger partial charge on any atom is -0.550 e. The molecule has 0 fully saturated rings. The maximum Gasteiger partial charge on any atom is 3.00 e. The number of hydrogen-bond acceptors (Lipinski definition) is 10. The number of Topliss-reactive ketones (excluding diaryl/α,β-unsaturated/α-hetero) is 3. The molecule has 0 heterocycles. The second kappa shape index (κ2) is 25.2. The van der Waals surface area contributed by atoms with Crippen molar-refractivity contribution < 1.29 is 48.5 Å². The zero-order chi connectivity index (χ0) is 22.7. The third-order valence-electron chi connectivity index (χ3n) is 2.39. The van der Waals surface area contributed by atoms with Crippen LogP contribution in [0.3, 0.4) is 0 Å². The summed E-state index contributed by atoms with van der Waals surface area (Å²) in [6.45, 7) is 6.01. The Hall–Kier alpha value is -1.85. The van der Waals surface area contributed by atoms with E-state index in [-0.39, 0.29) is 58.5 Å². The minimum atomic E-state index is -1.28. The van der Waals surface area contributed by atoms with Gasteiger partial charge in [0.05, 0.1) is 0 Å². The molecule has 0 saturated heterocycles. The van der Waals surface area contributed by atoms with Gasteiger partial charge in [-0.1, -0.05) is 13.8 Å². The van der Waals surface area contributed by atoms with E-state index < -0.39 is 36.7 Å². The summed E-state index contributed by atoms with van der Waals surface area (Å²) < 4.78 is 4.06. The summed E-state index contributed by atoms with van der Waals surface area (Å²) in [7, 11) is 0. The molecule has 0 unspecified atom stereocenters. The number of carboxylic acids is 2. The number of hydrogen-bond donors (Lipinski definition) is 0. The number of carbonyl (C=O) groups excluding carboxylic acids is 7. The van der Waals surface area contributed by atoms with E-state index in [4.69, 9.17) is 0 Å². The molecule has 0 aromatic carbocycles. The number of ether oxygens (including phenoxy) is 1. The van der Waals surface area contributed by atoms with Crippen LogP contribution in [0.4, 0.5) is 0 Å². The van der Waals surface area contributed by atoms with Gasteiger partial charge in [-0.25, -0.2) is 0 Å². The van der Waals surface area contributed by atoms with Crippen LogP contribution in [0.25, 0.3) is 0 Å². The fourth-order valence-corrected chi connectivity index (χ4v) is 1.46. The fourth-order valence-electron chi connectivity index (χ4n) is 1.46. The van der Waals surface area contributed by atoms with Crippen LogP contribution in [0.1, 0.15) is 72.6 Å². The molecular formula is C18H26Al2O10+4. The molecule has 0 bridgehead atoms. The van der Waals surface area contributed by atoms with Gasteiger partial charge >= 0.3 is 46.7 Å². The number of esters is 2. The van der Waals surface area contributed by atoms with Gasteiger partial charge < -0.3 is 24.5 Å². The third-order valence-corrected chi connectivity index (χ3v) is 2.39. The summed E-state index contributed by atoms with van der Waals surface area (Å²) in [6.07, 6.45) is 0.876. The van der Waals surface area contributed by atoms with Gasteiger partial charge in [-0.3, -0.25) is 24.0 Å². The Morgan fingerprint density at radius 2 is 1.00 bits per heavy atom. The van der Waals surface area contributed by atoms with Crippen LogP contribution in [0.2, 0.25) is 0 Å². The smallest absolute Gasteiger partial charge is 0.550 e. The zero-order valence-corrected chi connectivity index (χ0v) is 20.0. The van der Waals surface area contributed by atoms with Crippen LogP contribution in [0.5, 0.6) is 0 Å². The topological polar surface area (TPSA) is 175 Å². The standard InChI is InChI=1S/C6H8O4.2C6H10O3.2Al/c1-4(7)3-6(9)10-5(2)8;2*1-2-3-5(7)4-6(8)9;;/h3H2,1-2H3;2*2-4H2,1H3,(H,8,9);;/q;;;2*+3/p-2. The molecule has 160 valence electrons. The Morgan fingerprint density at radius 3 is 1.20 bits per heavy atom. The molecule has 0 rings (SSSR count). The summed E-state index contributed by atoms with van der Waals surface area (Å²) in [5.41, 5.74) is 0. The Bertz CT molecular complexity index is 525. The van der Waals surface area contributed by atoms with E-state index in [1.165, 1.54) is 6.92 Å². The molecule has 0 aromatic rings. The average Bonchev–Trinajstić information content (AvgIpc) is 2.45. The summed E-state index contributed by atoms with van der Waals surface area (Å²) >= 11 is 0. The van der Waals surface area contributed by atoms with Crippen LogP contribution in [0.15, 0.2) is 0 Å². The van der Waals surface area contributed by atoms with Crippen LogP contribution in [-0.4, -0.2) is 75.9 Å². The Kier molecular flexibility index (Phi) is 32.5. The maximum atomic E-state index is 10.4. The van der Waals surface area contributed by atoms with E-state index in [0.29, 0.717) is 25.7 Å². The van der Waals surface area contributed by atoms with Crippen molar-refractivity contribution in [2.45, 2.75) is 72.6 Å². The predicted octanol–water partition coefficient (Wildman–Crippen LogP) is -1.72. The van der Waals surface area contributed by atoms with Gasteiger partial charge in [-0.15, -0.1) is 0 Å². The first-order valence-electron chi connectivity index (χ1n) is 8.49. The number of carbonyl (C=O) groups is 7. The molecular weight excluding hydrogens is 430 g/mol. The average molecular weight is 456 g/mol. The van der Waals surface area contributed by atoms with Gasteiger partial charge in [0, 0.05) is 44.5 Å². The van der Waals surface area contributed by atoms with Gasteiger partial charge in [0.1, 0.15) is 23.8 Å². The van der Waals surface area contributed by atoms with E-state index >= 15 is 0 Å². The van der Waals surface area contributed by atoms with E-state index in [1.807, 2.05) is 13.8 Å². The molecule has 0 spiro atoms. The third kappa shape index (κ3) is 40.7. The van der Waals surface area contributed by atoms with Gasteiger partial charge in [0.2, 0.25) is 0 Å². The number of carboxylic acid groups (broad SMARTS) is 2. The molecule has 0 N–H and O–H groups in total. The molecule has 0 saturated carbocycles. The van der Waals surface area contributed by atoms with Crippen molar-refractivity contribution in [2.24, 2.45) is 0 Å². The van der Waals surface area contributed by atoms with E-state index in [0.717, 1.165) is 6.92 Å². The van der Waals surface area contributed by atoms with Crippen molar-refractivity contribution in [3.8, 4) is 0 Å². The largest absolute Gasteiger partial charge is 3.00 e. The second-order valence-corrected chi connectivity index (χ2v) is 5.52. The summed E-state index contributed by atoms with van der Waals surface area (Å²) in [5.74, 6) is -4.87. The number of ketones is 3. The summed E-state index contributed by atoms with van der Waals surface area (Å²) in [6, 6.07) is 0. The molecule has 0 radical (unpaired) electrons. The van der Waals surface area contributed by atoms with E-state index in [1.54, 1.807) is 0 Å². The Morgan fingerprint density at radius 1 is 0.667 bits per heavy atom.